The van der Waals surface area contributed by atoms with Gasteiger partial charge in [0.05, 0.1) is 30.5 Å². The van der Waals surface area contributed by atoms with Crippen LogP contribution in [0.4, 0.5) is 13.2 Å². The Morgan fingerprint density at radius 3 is 2.69 bits per heavy atom. The Morgan fingerprint density at radius 1 is 1.28 bits per heavy atom. The summed E-state index contributed by atoms with van der Waals surface area (Å²) in [5.41, 5.74) is 0.448. The van der Waals surface area contributed by atoms with Gasteiger partial charge in [-0.05, 0) is 62.6 Å². The molecular weight excluding hydrogens is 479 g/mol. The highest BCUT2D eigenvalue weighted by Crippen LogP contribution is 2.38. The van der Waals surface area contributed by atoms with Gasteiger partial charge < -0.3 is 19.5 Å². The molecule has 11 heteroatoms. The zero-order valence-corrected chi connectivity index (χ0v) is 20.4. The molecule has 0 unspecified atom stereocenters. The maximum absolute atomic E-state index is 13.4. The third-order valence-electron chi connectivity index (χ3n) is 6.92. The molecule has 196 valence electrons. The van der Waals surface area contributed by atoms with Crippen LogP contribution < -0.4 is 10.1 Å². The van der Waals surface area contributed by atoms with E-state index in [0.717, 1.165) is 36.2 Å². The van der Waals surface area contributed by atoms with Crippen LogP contribution in [0.3, 0.4) is 0 Å². The highest BCUT2D eigenvalue weighted by atomic mass is 19.4. The Labute approximate surface area is 207 Å². The Bertz CT molecular complexity index is 1120. The Hall–Kier alpha value is -3.08. The van der Waals surface area contributed by atoms with Crippen molar-refractivity contribution in [1.29, 1.82) is 0 Å². The number of benzene rings is 1. The number of rotatable bonds is 7. The SMILES string of the molecule is CCn1nc(CCCOC(=O)c2ccc(OC)cc2C(F)(F)F)c2c1C(=O)NCC1(CCOCC1)C2. The summed E-state index contributed by atoms with van der Waals surface area (Å²) in [4.78, 5) is 25.3. The van der Waals surface area contributed by atoms with Crippen molar-refractivity contribution in [2.45, 2.75) is 51.7 Å². The summed E-state index contributed by atoms with van der Waals surface area (Å²) < 4.78 is 57.6. The lowest BCUT2D eigenvalue weighted by molar-refractivity contribution is -0.138. The van der Waals surface area contributed by atoms with Gasteiger partial charge in [0, 0.05) is 31.9 Å². The fourth-order valence-corrected chi connectivity index (χ4v) is 4.91. The third-order valence-corrected chi connectivity index (χ3v) is 6.92. The number of carbonyl (C=O) groups excluding carboxylic acids is 2. The molecule has 1 N–H and O–H groups in total. The maximum atomic E-state index is 13.4. The predicted octanol–water partition coefficient (Wildman–Crippen LogP) is 3.80. The summed E-state index contributed by atoms with van der Waals surface area (Å²) in [6, 6.07) is 3.12. The number of fused-ring (bicyclic) bond motifs is 1. The largest absolute Gasteiger partial charge is 0.497 e. The number of nitrogens with zero attached hydrogens (tertiary/aromatic N) is 2. The minimum atomic E-state index is -4.73. The zero-order valence-electron chi connectivity index (χ0n) is 20.4. The maximum Gasteiger partial charge on any atom is 0.417 e. The van der Waals surface area contributed by atoms with Crippen molar-refractivity contribution in [3.05, 3.63) is 46.3 Å². The fourth-order valence-electron chi connectivity index (χ4n) is 4.91. The molecule has 0 bridgehead atoms. The number of nitrogens with one attached hydrogen (secondary N) is 1. The molecule has 3 heterocycles. The molecule has 1 aromatic heterocycles. The van der Waals surface area contributed by atoms with Crippen LogP contribution in [0.5, 0.6) is 5.75 Å². The molecule has 0 aliphatic carbocycles. The van der Waals surface area contributed by atoms with E-state index >= 15 is 0 Å². The van der Waals surface area contributed by atoms with Gasteiger partial charge >= 0.3 is 12.1 Å². The molecule has 0 radical (unpaired) electrons. The van der Waals surface area contributed by atoms with Gasteiger partial charge in [0.15, 0.2) is 0 Å². The number of alkyl halides is 3. The molecular formula is C25H30F3N3O5. The Kier molecular flexibility index (Phi) is 7.58. The minimum Gasteiger partial charge on any atom is -0.497 e. The molecule has 1 amide bonds. The zero-order chi connectivity index (χ0) is 25.9. The quantitative estimate of drug-likeness (QED) is 0.451. The molecule has 8 nitrogen and oxygen atoms in total. The number of esters is 1. The first kappa shape index (κ1) is 26.0. The minimum absolute atomic E-state index is 0.00239. The average Bonchev–Trinajstić information content (AvgIpc) is 3.14. The number of aromatic nitrogens is 2. The van der Waals surface area contributed by atoms with Crippen LogP contribution in [-0.4, -0.2) is 55.1 Å². The summed E-state index contributed by atoms with van der Waals surface area (Å²) in [5.74, 6) is -1.21. The molecule has 4 rings (SSSR count). The number of ether oxygens (including phenoxy) is 3. The number of carbonyl (C=O) groups is 2. The van der Waals surface area contributed by atoms with E-state index in [0.29, 0.717) is 51.3 Å². The van der Waals surface area contributed by atoms with Crippen LogP contribution >= 0.6 is 0 Å². The molecule has 0 saturated carbocycles. The van der Waals surface area contributed by atoms with E-state index in [4.69, 9.17) is 14.2 Å². The van der Waals surface area contributed by atoms with Gasteiger partial charge in [-0.15, -0.1) is 0 Å². The monoisotopic (exact) mass is 509 g/mol. The fraction of sp³-hybridized carbons (Fsp3) is 0.560. The highest BCUT2D eigenvalue weighted by molar-refractivity contribution is 5.95. The van der Waals surface area contributed by atoms with Gasteiger partial charge in [0.1, 0.15) is 11.4 Å². The molecule has 2 aliphatic heterocycles. The molecule has 2 aromatic rings. The second-order valence-corrected chi connectivity index (χ2v) is 9.21. The number of amides is 1. The lowest BCUT2D eigenvalue weighted by atomic mass is 9.75. The van der Waals surface area contributed by atoms with E-state index in [1.807, 2.05) is 6.92 Å². The van der Waals surface area contributed by atoms with Crippen LogP contribution in [-0.2, 0) is 35.0 Å². The van der Waals surface area contributed by atoms with Crippen LogP contribution in [0, 0.1) is 5.41 Å². The van der Waals surface area contributed by atoms with Crippen molar-refractivity contribution in [2.75, 3.05) is 33.5 Å². The predicted molar refractivity (Wildman–Crippen MR) is 123 cm³/mol. The second kappa shape index (κ2) is 10.5. The van der Waals surface area contributed by atoms with Crippen molar-refractivity contribution in [3.8, 4) is 5.75 Å². The van der Waals surface area contributed by atoms with Crippen LogP contribution in [0.25, 0.3) is 0 Å². The topological polar surface area (TPSA) is 91.7 Å². The van der Waals surface area contributed by atoms with Crippen LogP contribution in [0.15, 0.2) is 18.2 Å². The summed E-state index contributed by atoms with van der Waals surface area (Å²) in [6.07, 6.45) is -1.57. The first-order valence-corrected chi connectivity index (χ1v) is 12.0. The van der Waals surface area contributed by atoms with Gasteiger partial charge in [-0.3, -0.25) is 9.48 Å². The summed E-state index contributed by atoms with van der Waals surface area (Å²) in [6.45, 7) is 4.22. The van der Waals surface area contributed by atoms with Gasteiger partial charge in [-0.25, -0.2) is 4.79 Å². The first-order chi connectivity index (χ1) is 17.2. The molecule has 1 saturated heterocycles. The van der Waals surface area contributed by atoms with Crippen LogP contribution in [0.2, 0.25) is 0 Å². The number of aryl methyl sites for hydroxylation is 2. The molecule has 36 heavy (non-hydrogen) atoms. The summed E-state index contributed by atoms with van der Waals surface area (Å²) >= 11 is 0. The molecule has 0 atom stereocenters. The van der Waals surface area contributed by atoms with Crippen molar-refractivity contribution in [2.24, 2.45) is 5.41 Å². The Morgan fingerprint density at radius 2 is 2.03 bits per heavy atom. The summed E-state index contributed by atoms with van der Waals surface area (Å²) in [5, 5.41) is 7.69. The van der Waals surface area contributed by atoms with E-state index < -0.39 is 23.3 Å². The van der Waals surface area contributed by atoms with Gasteiger partial charge in [-0.1, -0.05) is 0 Å². The lowest BCUT2D eigenvalue weighted by Crippen LogP contribution is -2.40. The van der Waals surface area contributed by atoms with E-state index in [-0.39, 0.29) is 23.7 Å². The van der Waals surface area contributed by atoms with E-state index in [2.05, 4.69) is 10.4 Å². The van der Waals surface area contributed by atoms with E-state index in [9.17, 15) is 22.8 Å². The lowest BCUT2D eigenvalue weighted by Gasteiger charge is -2.36. The third kappa shape index (κ3) is 5.35. The van der Waals surface area contributed by atoms with Gasteiger partial charge in [0.25, 0.3) is 5.91 Å². The molecule has 1 aromatic carbocycles. The first-order valence-electron chi connectivity index (χ1n) is 12.0. The molecule has 2 aliphatic rings. The Balaban J connectivity index is 1.46. The van der Waals surface area contributed by atoms with Crippen molar-refractivity contribution in [1.82, 2.24) is 15.1 Å². The van der Waals surface area contributed by atoms with Gasteiger partial charge in [0.2, 0.25) is 0 Å². The standard InChI is InChI=1S/C25H30F3N3O5/c1-3-31-21-18(14-24(15-29-22(21)32)8-11-35-12-9-24)20(30-31)5-4-10-36-23(33)17-7-6-16(34-2)13-19(17)25(26,27)28/h6-7,13H,3-5,8-12,14-15H2,1-2H3,(H,29,32). The molecule has 1 fully saturated rings. The van der Waals surface area contributed by atoms with E-state index in [1.54, 1.807) is 4.68 Å². The smallest absolute Gasteiger partial charge is 0.417 e. The number of hydrogen-bond acceptors (Lipinski definition) is 6. The summed E-state index contributed by atoms with van der Waals surface area (Å²) in [7, 11) is 1.25. The number of hydrogen-bond donors (Lipinski definition) is 1. The normalized spacial score (nSPS) is 17.3. The van der Waals surface area contributed by atoms with Crippen molar-refractivity contribution < 1.29 is 37.0 Å². The van der Waals surface area contributed by atoms with Crippen molar-refractivity contribution in [3.63, 3.8) is 0 Å². The number of methoxy groups -OCH3 is 1. The van der Waals surface area contributed by atoms with E-state index in [1.165, 1.54) is 13.2 Å². The van der Waals surface area contributed by atoms with Crippen LogP contribution in [0.1, 0.15) is 63.9 Å². The molecule has 1 spiro atoms. The van der Waals surface area contributed by atoms with Gasteiger partial charge in [-0.2, -0.15) is 18.3 Å². The average molecular weight is 510 g/mol. The number of halogens is 3. The highest BCUT2D eigenvalue weighted by Gasteiger charge is 2.40. The van der Waals surface area contributed by atoms with Crippen molar-refractivity contribution >= 4 is 11.9 Å². The second-order valence-electron chi connectivity index (χ2n) is 9.21.